The summed E-state index contributed by atoms with van der Waals surface area (Å²) in [6, 6.07) is 0. The molecule has 0 saturated carbocycles. The number of ether oxygens (including phenoxy) is 1. The van der Waals surface area contributed by atoms with Crippen molar-refractivity contribution in [2.24, 2.45) is 5.92 Å². The first kappa shape index (κ1) is 12.1. The molecule has 0 radical (unpaired) electrons. The Bertz CT molecular complexity index is 175. The average Bonchev–Trinajstić information content (AvgIpc) is 2.04. The van der Waals surface area contributed by atoms with E-state index in [1.807, 2.05) is 6.92 Å². The molecule has 0 aliphatic carbocycles. The van der Waals surface area contributed by atoms with Gasteiger partial charge in [-0.3, -0.25) is 9.59 Å². The highest BCUT2D eigenvalue weighted by Gasteiger charge is 2.17. The van der Waals surface area contributed by atoms with Crippen LogP contribution in [-0.2, 0) is 14.3 Å². The normalized spacial score (nSPS) is 12.2. The molecule has 0 aromatic heterocycles. The first-order valence-corrected chi connectivity index (χ1v) is 4.77. The molecule has 0 aliphatic heterocycles. The third-order valence-corrected chi connectivity index (χ3v) is 1.93. The quantitative estimate of drug-likeness (QED) is 0.595. The number of hydrogen-bond donors (Lipinski definition) is 0. The van der Waals surface area contributed by atoms with E-state index in [0.29, 0.717) is 6.61 Å². The van der Waals surface area contributed by atoms with Crippen LogP contribution in [-0.4, -0.2) is 18.4 Å². The molecule has 0 bridgehead atoms. The molecular weight excluding hydrogens is 168 g/mol. The van der Waals surface area contributed by atoms with Gasteiger partial charge in [-0.05, 0) is 20.3 Å². The molecule has 0 aromatic rings. The van der Waals surface area contributed by atoms with E-state index in [0.717, 1.165) is 12.8 Å². The van der Waals surface area contributed by atoms with Gasteiger partial charge in [0.2, 0.25) is 0 Å². The lowest BCUT2D eigenvalue weighted by atomic mass is 9.96. The molecule has 0 amide bonds. The van der Waals surface area contributed by atoms with Crippen molar-refractivity contribution in [2.45, 2.75) is 40.0 Å². The van der Waals surface area contributed by atoms with Crippen LogP contribution in [0.1, 0.15) is 40.0 Å². The highest BCUT2D eigenvalue weighted by Crippen LogP contribution is 2.13. The van der Waals surface area contributed by atoms with E-state index in [-0.39, 0.29) is 24.1 Å². The summed E-state index contributed by atoms with van der Waals surface area (Å²) in [5.74, 6) is -0.338. The number of esters is 1. The molecule has 3 nitrogen and oxygen atoms in total. The van der Waals surface area contributed by atoms with Crippen molar-refractivity contribution in [2.75, 3.05) is 6.61 Å². The van der Waals surface area contributed by atoms with E-state index in [1.165, 1.54) is 6.92 Å². The van der Waals surface area contributed by atoms with Crippen LogP contribution in [0.2, 0.25) is 0 Å². The molecular formula is C10H18O3. The predicted octanol–water partition coefficient (Wildman–Crippen LogP) is 1.94. The lowest BCUT2D eigenvalue weighted by Gasteiger charge is -2.10. The summed E-state index contributed by atoms with van der Waals surface area (Å²) in [5, 5.41) is 0. The van der Waals surface area contributed by atoms with Gasteiger partial charge in [-0.2, -0.15) is 0 Å². The minimum Gasteiger partial charge on any atom is -0.466 e. The zero-order valence-electron chi connectivity index (χ0n) is 8.63. The Morgan fingerprint density at radius 1 is 1.31 bits per heavy atom. The van der Waals surface area contributed by atoms with Gasteiger partial charge in [0.05, 0.1) is 13.0 Å². The summed E-state index contributed by atoms with van der Waals surface area (Å²) in [7, 11) is 0. The third-order valence-electron chi connectivity index (χ3n) is 1.93. The van der Waals surface area contributed by atoms with Crippen molar-refractivity contribution in [3.8, 4) is 0 Å². The van der Waals surface area contributed by atoms with E-state index in [1.54, 1.807) is 6.92 Å². The van der Waals surface area contributed by atoms with Crippen molar-refractivity contribution < 1.29 is 14.3 Å². The third kappa shape index (κ3) is 5.39. The Kier molecular flexibility index (Phi) is 6.20. The van der Waals surface area contributed by atoms with Gasteiger partial charge in [0, 0.05) is 5.92 Å². The first-order valence-electron chi connectivity index (χ1n) is 4.77. The fourth-order valence-electron chi connectivity index (χ4n) is 1.22. The Morgan fingerprint density at radius 2 is 1.92 bits per heavy atom. The monoisotopic (exact) mass is 186 g/mol. The second-order valence-electron chi connectivity index (χ2n) is 3.11. The summed E-state index contributed by atoms with van der Waals surface area (Å²) in [6.45, 7) is 5.68. The van der Waals surface area contributed by atoms with Gasteiger partial charge < -0.3 is 4.74 Å². The van der Waals surface area contributed by atoms with Gasteiger partial charge in [0.25, 0.3) is 0 Å². The Hall–Kier alpha value is -0.860. The minimum atomic E-state index is -0.267. The smallest absolute Gasteiger partial charge is 0.306 e. The number of ketones is 1. The van der Waals surface area contributed by atoms with Crippen molar-refractivity contribution in [3.63, 3.8) is 0 Å². The second-order valence-corrected chi connectivity index (χ2v) is 3.11. The summed E-state index contributed by atoms with van der Waals surface area (Å²) >= 11 is 0. The Labute approximate surface area is 79.5 Å². The molecule has 13 heavy (non-hydrogen) atoms. The molecule has 3 heteroatoms. The lowest BCUT2D eigenvalue weighted by molar-refractivity contribution is -0.146. The molecule has 0 heterocycles. The van der Waals surface area contributed by atoms with Crippen LogP contribution >= 0.6 is 0 Å². The maximum Gasteiger partial charge on any atom is 0.306 e. The van der Waals surface area contributed by atoms with Crippen LogP contribution in [0.25, 0.3) is 0 Å². The van der Waals surface area contributed by atoms with Gasteiger partial charge in [-0.1, -0.05) is 13.3 Å². The van der Waals surface area contributed by atoms with Crippen molar-refractivity contribution in [1.82, 2.24) is 0 Å². The number of Topliss-reactive ketones (excluding diaryl/α,β-unsaturated/α-hetero) is 1. The van der Waals surface area contributed by atoms with Gasteiger partial charge >= 0.3 is 5.97 Å². The summed E-state index contributed by atoms with van der Waals surface area (Å²) in [5.41, 5.74) is 0. The SMILES string of the molecule is CCCC(CC(=O)OCC)C(C)=O. The predicted molar refractivity (Wildman–Crippen MR) is 50.3 cm³/mol. The number of carbonyl (C=O) groups excluding carboxylic acids is 2. The van der Waals surface area contributed by atoms with Crippen LogP contribution in [0.5, 0.6) is 0 Å². The molecule has 76 valence electrons. The van der Waals surface area contributed by atoms with Gasteiger partial charge in [-0.25, -0.2) is 0 Å². The number of carbonyl (C=O) groups is 2. The summed E-state index contributed by atoms with van der Waals surface area (Å²) in [6.07, 6.45) is 1.93. The molecule has 0 rings (SSSR count). The van der Waals surface area contributed by atoms with E-state index >= 15 is 0 Å². The zero-order chi connectivity index (χ0) is 10.3. The van der Waals surface area contributed by atoms with Gasteiger partial charge in [0.1, 0.15) is 5.78 Å². The fourth-order valence-corrected chi connectivity index (χ4v) is 1.22. The fraction of sp³-hybridized carbons (Fsp3) is 0.800. The standard InChI is InChI=1S/C10H18O3/c1-4-6-9(8(3)11)7-10(12)13-5-2/h9H,4-7H2,1-3H3. The van der Waals surface area contributed by atoms with Gasteiger partial charge in [0.15, 0.2) is 0 Å². The van der Waals surface area contributed by atoms with E-state index in [9.17, 15) is 9.59 Å². The van der Waals surface area contributed by atoms with Crippen molar-refractivity contribution in [3.05, 3.63) is 0 Å². The van der Waals surface area contributed by atoms with Crippen LogP contribution in [0.15, 0.2) is 0 Å². The van der Waals surface area contributed by atoms with Crippen LogP contribution < -0.4 is 0 Å². The zero-order valence-corrected chi connectivity index (χ0v) is 8.63. The topological polar surface area (TPSA) is 43.4 Å². The summed E-state index contributed by atoms with van der Waals surface area (Å²) in [4.78, 5) is 22.1. The number of rotatable bonds is 6. The maximum atomic E-state index is 11.1. The molecule has 0 saturated heterocycles. The van der Waals surface area contributed by atoms with E-state index in [4.69, 9.17) is 4.74 Å². The second kappa shape index (κ2) is 6.63. The largest absolute Gasteiger partial charge is 0.466 e. The highest BCUT2D eigenvalue weighted by molar-refractivity contribution is 5.83. The molecule has 1 unspecified atom stereocenters. The van der Waals surface area contributed by atoms with E-state index < -0.39 is 0 Å². The molecule has 0 aromatic carbocycles. The van der Waals surface area contributed by atoms with Crippen molar-refractivity contribution >= 4 is 11.8 Å². The molecule has 0 N–H and O–H groups in total. The average molecular weight is 186 g/mol. The molecule has 0 fully saturated rings. The first-order chi connectivity index (χ1) is 6.11. The summed E-state index contributed by atoms with van der Waals surface area (Å²) < 4.78 is 4.78. The molecule has 0 aliphatic rings. The van der Waals surface area contributed by atoms with Crippen LogP contribution in [0, 0.1) is 5.92 Å². The molecule has 1 atom stereocenters. The highest BCUT2D eigenvalue weighted by atomic mass is 16.5. The Balaban J connectivity index is 3.94. The molecule has 0 spiro atoms. The van der Waals surface area contributed by atoms with Crippen molar-refractivity contribution in [1.29, 1.82) is 0 Å². The number of hydrogen-bond acceptors (Lipinski definition) is 3. The van der Waals surface area contributed by atoms with Crippen LogP contribution in [0.3, 0.4) is 0 Å². The van der Waals surface area contributed by atoms with E-state index in [2.05, 4.69) is 0 Å². The lowest BCUT2D eigenvalue weighted by Crippen LogP contribution is -2.17. The van der Waals surface area contributed by atoms with Crippen LogP contribution in [0.4, 0.5) is 0 Å². The minimum absolute atomic E-state index is 0.0786. The Morgan fingerprint density at radius 3 is 2.31 bits per heavy atom. The van der Waals surface area contributed by atoms with Gasteiger partial charge in [-0.15, -0.1) is 0 Å². The maximum absolute atomic E-state index is 11.1.